The third-order valence-electron chi connectivity index (χ3n) is 3.88. The molecular formula is C17H14FN5O2. The minimum Gasteiger partial charge on any atom is -0.470 e. The highest BCUT2D eigenvalue weighted by Gasteiger charge is 2.27. The second kappa shape index (κ2) is 6.31. The first-order chi connectivity index (χ1) is 12.2. The van der Waals surface area contributed by atoms with Crippen LogP contribution in [-0.4, -0.2) is 32.2 Å². The summed E-state index contributed by atoms with van der Waals surface area (Å²) in [4.78, 5) is 22.3. The molecule has 0 unspecified atom stereocenters. The Kier molecular flexibility index (Phi) is 3.85. The third kappa shape index (κ3) is 3.06. The van der Waals surface area contributed by atoms with Gasteiger partial charge < -0.3 is 9.64 Å². The maximum absolute atomic E-state index is 13.1. The van der Waals surface area contributed by atoms with Crippen LogP contribution in [0, 0.1) is 5.82 Å². The van der Waals surface area contributed by atoms with E-state index in [0.717, 1.165) is 0 Å². The summed E-state index contributed by atoms with van der Waals surface area (Å²) < 4.78 is 20.3. The van der Waals surface area contributed by atoms with Gasteiger partial charge in [-0.2, -0.15) is 5.10 Å². The van der Waals surface area contributed by atoms with Crippen molar-refractivity contribution in [1.82, 2.24) is 19.7 Å². The van der Waals surface area contributed by atoms with Crippen LogP contribution in [0.2, 0.25) is 0 Å². The lowest BCUT2D eigenvalue weighted by Gasteiger charge is -2.27. The monoisotopic (exact) mass is 339 g/mol. The number of carbonyl (C=O) groups excluding carboxylic acids is 1. The lowest BCUT2D eigenvalue weighted by molar-refractivity contribution is 0.0962. The van der Waals surface area contributed by atoms with E-state index in [2.05, 4.69) is 15.1 Å². The zero-order chi connectivity index (χ0) is 17.2. The van der Waals surface area contributed by atoms with Crippen molar-refractivity contribution in [2.45, 2.75) is 13.2 Å². The molecular weight excluding hydrogens is 325 g/mol. The molecule has 0 atom stereocenters. The summed E-state index contributed by atoms with van der Waals surface area (Å²) in [6.45, 7) is 1.23. The average Bonchev–Trinajstić information content (AvgIpc) is 3.06. The zero-order valence-electron chi connectivity index (χ0n) is 13.2. The van der Waals surface area contributed by atoms with Crippen molar-refractivity contribution in [2.24, 2.45) is 0 Å². The van der Waals surface area contributed by atoms with Gasteiger partial charge in [0.25, 0.3) is 5.91 Å². The van der Waals surface area contributed by atoms with E-state index in [0.29, 0.717) is 36.0 Å². The van der Waals surface area contributed by atoms with E-state index in [1.165, 1.54) is 24.5 Å². The predicted octanol–water partition coefficient (Wildman–Crippen LogP) is 2.05. The number of ether oxygens (including phenoxy) is 1. The largest absolute Gasteiger partial charge is 0.470 e. The number of aromatic nitrogens is 4. The number of benzene rings is 1. The fraction of sp³-hybridized carbons (Fsp3) is 0.176. The van der Waals surface area contributed by atoms with Gasteiger partial charge in [-0.3, -0.25) is 14.5 Å². The summed E-state index contributed by atoms with van der Waals surface area (Å²) in [6, 6.07) is 7.58. The summed E-state index contributed by atoms with van der Waals surface area (Å²) in [5.74, 6) is -0.106. The van der Waals surface area contributed by atoms with Gasteiger partial charge in [0, 0.05) is 24.6 Å². The topological polar surface area (TPSA) is 73.1 Å². The molecule has 0 spiro atoms. The molecule has 0 bridgehead atoms. The standard InChI is InChI=1S/C17H14FN5O2/c18-12-1-3-14(4-2-12)22-7-8-23-15(17(22)24)9-13(21-23)11-25-16-10-19-5-6-20-16/h1-6,9-10H,7-8,11H2. The first-order valence-corrected chi connectivity index (χ1v) is 7.74. The highest BCUT2D eigenvalue weighted by atomic mass is 19.1. The van der Waals surface area contributed by atoms with Crippen LogP contribution in [0.4, 0.5) is 10.1 Å². The zero-order valence-corrected chi connectivity index (χ0v) is 13.2. The molecule has 4 rings (SSSR count). The molecule has 0 radical (unpaired) electrons. The second-order valence-corrected chi connectivity index (χ2v) is 5.51. The number of hydrogen-bond donors (Lipinski definition) is 0. The molecule has 0 N–H and O–H groups in total. The number of amides is 1. The fourth-order valence-corrected chi connectivity index (χ4v) is 2.69. The highest BCUT2D eigenvalue weighted by molar-refractivity contribution is 6.05. The Morgan fingerprint density at radius 3 is 2.76 bits per heavy atom. The Morgan fingerprint density at radius 2 is 2.00 bits per heavy atom. The molecule has 8 heteroatoms. The van der Waals surface area contributed by atoms with Gasteiger partial charge in [0.15, 0.2) is 0 Å². The number of carbonyl (C=O) groups is 1. The Morgan fingerprint density at radius 1 is 1.16 bits per heavy atom. The van der Waals surface area contributed by atoms with Crippen LogP contribution in [0.25, 0.3) is 0 Å². The van der Waals surface area contributed by atoms with E-state index in [1.54, 1.807) is 34.0 Å². The summed E-state index contributed by atoms with van der Waals surface area (Å²) in [5, 5.41) is 4.39. The first-order valence-electron chi connectivity index (χ1n) is 7.74. The molecule has 1 aliphatic heterocycles. The lowest BCUT2D eigenvalue weighted by atomic mass is 10.2. The maximum atomic E-state index is 13.1. The Bertz CT molecular complexity index is 895. The van der Waals surface area contributed by atoms with Gasteiger partial charge in [-0.1, -0.05) is 0 Å². The molecule has 0 aliphatic carbocycles. The second-order valence-electron chi connectivity index (χ2n) is 5.51. The molecule has 3 heterocycles. The van der Waals surface area contributed by atoms with E-state index in [-0.39, 0.29) is 18.3 Å². The van der Waals surface area contributed by atoms with Crippen LogP contribution < -0.4 is 9.64 Å². The molecule has 126 valence electrons. The molecule has 7 nitrogen and oxygen atoms in total. The summed E-state index contributed by atoms with van der Waals surface area (Å²) in [5.41, 5.74) is 1.78. The van der Waals surface area contributed by atoms with Crippen LogP contribution >= 0.6 is 0 Å². The Hall–Kier alpha value is -3.29. The molecule has 25 heavy (non-hydrogen) atoms. The number of anilines is 1. The van der Waals surface area contributed by atoms with Crippen molar-refractivity contribution in [3.05, 3.63) is 66.1 Å². The first kappa shape index (κ1) is 15.3. The Balaban J connectivity index is 1.51. The van der Waals surface area contributed by atoms with Crippen molar-refractivity contribution >= 4 is 11.6 Å². The average molecular weight is 339 g/mol. The molecule has 1 aromatic carbocycles. The van der Waals surface area contributed by atoms with E-state index < -0.39 is 0 Å². The molecule has 1 aliphatic rings. The van der Waals surface area contributed by atoms with E-state index in [1.807, 2.05) is 0 Å². The normalized spacial score (nSPS) is 13.6. The molecule has 3 aromatic rings. The minimum absolute atomic E-state index is 0.170. The van der Waals surface area contributed by atoms with Crippen molar-refractivity contribution in [2.75, 3.05) is 11.4 Å². The summed E-state index contributed by atoms with van der Waals surface area (Å²) in [6.07, 6.45) is 4.61. The summed E-state index contributed by atoms with van der Waals surface area (Å²) >= 11 is 0. The molecule has 0 saturated carbocycles. The number of fused-ring (bicyclic) bond motifs is 1. The molecule has 0 fully saturated rings. The van der Waals surface area contributed by atoms with Gasteiger partial charge in [0.2, 0.25) is 5.88 Å². The van der Waals surface area contributed by atoms with E-state index in [9.17, 15) is 9.18 Å². The van der Waals surface area contributed by atoms with Crippen LogP contribution in [0.5, 0.6) is 5.88 Å². The van der Waals surface area contributed by atoms with Gasteiger partial charge >= 0.3 is 0 Å². The molecule has 1 amide bonds. The van der Waals surface area contributed by atoms with Crippen LogP contribution in [-0.2, 0) is 13.2 Å². The van der Waals surface area contributed by atoms with Gasteiger partial charge in [0.05, 0.1) is 12.7 Å². The van der Waals surface area contributed by atoms with Gasteiger partial charge in [-0.15, -0.1) is 0 Å². The highest BCUT2D eigenvalue weighted by Crippen LogP contribution is 2.22. The lowest BCUT2D eigenvalue weighted by Crippen LogP contribution is -2.40. The van der Waals surface area contributed by atoms with Crippen molar-refractivity contribution < 1.29 is 13.9 Å². The molecule has 0 saturated heterocycles. The number of nitrogens with zero attached hydrogens (tertiary/aromatic N) is 5. The maximum Gasteiger partial charge on any atom is 0.276 e. The minimum atomic E-state index is -0.332. The van der Waals surface area contributed by atoms with Gasteiger partial charge in [0.1, 0.15) is 23.8 Å². The Labute approximate surface area is 142 Å². The number of rotatable bonds is 4. The van der Waals surface area contributed by atoms with Gasteiger partial charge in [-0.25, -0.2) is 9.37 Å². The van der Waals surface area contributed by atoms with Gasteiger partial charge in [-0.05, 0) is 30.3 Å². The van der Waals surface area contributed by atoms with Crippen molar-refractivity contribution in [1.29, 1.82) is 0 Å². The SMILES string of the molecule is O=C1c2cc(COc3cnccn3)nn2CCN1c1ccc(F)cc1. The number of halogens is 1. The van der Waals surface area contributed by atoms with E-state index >= 15 is 0 Å². The van der Waals surface area contributed by atoms with Crippen molar-refractivity contribution in [3.63, 3.8) is 0 Å². The smallest absolute Gasteiger partial charge is 0.276 e. The van der Waals surface area contributed by atoms with Crippen LogP contribution in [0.3, 0.4) is 0 Å². The fourth-order valence-electron chi connectivity index (χ4n) is 2.69. The summed E-state index contributed by atoms with van der Waals surface area (Å²) in [7, 11) is 0. The quantitative estimate of drug-likeness (QED) is 0.727. The predicted molar refractivity (Wildman–Crippen MR) is 86.7 cm³/mol. The van der Waals surface area contributed by atoms with Crippen LogP contribution in [0.1, 0.15) is 16.2 Å². The number of hydrogen-bond acceptors (Lipinski definition) is 5. The van der Waals surface area contributed by atoms with Crippen molar-refractivity contribution in [3.8, 4) is 5.88 Å². The van der Waals surface area contributed by atoms with E-state index in [4.69, 9.17) is 4.74 Å². The molecule has 2 aromatic heterocycles. The van der Waals surface area contributed by atoms with Crippen LogP contribution in [0.15, 0.2) is 48.9 Å². The third-order valence-corrected chi connectivity index (χ3v) is 3.88.